The first-order chi connectivity index (χ1) is 22.6. The predicted molar refractivity (Wildman–Crippen MR) is 184 cm³/mol. The molecule has 5 fully saturated rings. The fourth-order valence-corrected chi connectivity index (χ4v) is 11.8. The predicted octanol–water partition coefficient (Wildman–Crippen LogP) is 8.28. The maximum absolute atomic E-state index is 12.1. The van der Waals surface area contributed by atoms with Crippen LogP contribution in [0.25, 0.3) is 0 Å². The van der Waals surface area contributed by atoms with Crippen LogP contribution in [-0.4, -0.2) is 55.2 Å². The molecule has 0 bridgehead atoms. The lowest BCUT2D eigenvalue weighted by Crippen LogP contribution is -2.59. The lowest BCUT2D eigenvalue weighted by atomic mass is 9.44. The number of ether oxygens (including phenoxy) is 5. The summed E-state index contributed by atoms with van der Waals surface area (Å²) in [6, 6.07) is 0. The van der Waals surface area contributed by atoms with E-state index in [-0.39, 0.29) is 18.6 Å². The zero-order chi connectivity index (χ0) is 35.0. The summed E-state index contributed by atoms with van der Waals surface area (Å²) in [5, 5.41) is 0. The minimum atomic E-state index is -0.902. The van der Waals surface area contributed by atoms with Crippen LogP contribution in [0.15, 0.2) is 0 Å². The van der Waals surface area contributed by atoms with Gasteiger partial charge in [-0.3, -0.25) is 14.4 Å². The second-order valence-corrected chi connectivity index (χ2v) is 17.6. The lowest BCUT2D eigenvalue weighted by Gasteiger charge is -2.61. The highest BCUT2D eigenvalue weighted by atomic mass is 16.7. The molecule has 5 aliphatic rings. The molecule has 1 aliphatic heterocycles. The number of fused-ring (bicyclic) bond motifs is 5. The molecule has 0 spiro atoms. The minimum absolute atomic E-state index is 0.0288. The van der Waals surface area contributed by atoms with Crippen molar-refractivity contribution in [3.05, 3.63) is 0 Å². The highest BCUT2D eigenvalue weighted by Gasteiger charge is 2.61. The van der Waals surface area contributed by atoms with Crippen molar-refractivity contribution in [3.63, 3.8) is 0 Å². The average molecular weight is 675 g/mol. The summed E-state index contributed by atoms with van der Waals surface area (Å²) in [6.07, 6.45) is 12.3. The van der Waals surface area contributed by atoms with E-state index in [9.17, 15) is 14.4 Å². The van der Waals surface area contributed by atoms with E-state index in [1.807, 2.05) is 6.92 Å². The van der Waals surface area contributed by atoms with Crippen LogP contribution in [0.1, 0.15) is 139 Å². The molecule has 0 aromatic carbocycles. The number of carbonyl (C=O) groups is 3. The van der Waals surface area contributed by atoms with Gasteiger partial charge in [-0.1, -0.05) is 60.8 Å². The van der Waals surface area contributed by atoms with Gasteiger partial charge >= 0.3 is 17.9 Å². The molecule has 0 amide bonds. The van der Waals surface area contributed by atoms with Gasteiger partial charge < -0.3 is 23.7 Å². The molecule has 14 atom stereocenters. The van der Waals surface area contributed by atoms with Gasteiger partial charge in [-0.05, 0) is 110 Å². The minimum Gasteiger partial charge on any atom is -0.463 e. The third-order valence-electron chi connectivity index (χ3n) is 14.1. The van der Waals surface area contributed by atoms with Gasteiger partial charge in [0.25, 0.3) is 0 Å². The van der Waals surface area contributed by atoms with Gasteiger partial charge in [0, 0.05) is 26.7 Å². The van der Waals surface area contributed by atoms with Crippen LogP contribution in [0.2, 0.25) is 0 Å². The second-order valence-electron chi connectivity index (χ2n) is 17.6. The lowest BCUT2D eigenvalue weighted by molar-refractivity contribution is -0.304. The van der Waals surface area contributed by atoms with Gasteiger partial charge in [-0.15, -0.1) is 0 Å². The number of esters is 3. The topological polar surface area (TPSA) is 97.4 Å². The Morgan fingerprint density at radius 1 is 0.792 bits per heavy atom. The summed E-state index contributed by atoms with van der Waals surface area (Å²) in [5.74, 6) is 3.80. The molecule has 8 heteroatoms. The van der Waals surface area contributed by atoms with E-state index in [1.165, 1.54) is 78.6 Å². The molecule has 274 valence electrons. The van der Waals surface area contributed by atoms with Crippen LogP contribution < -0.4 is 0 Å². The third kappa shape index (κ3) is 7.80. The Labute approximate surface area is 290 Å². The Balaban J connectivity index is 1.24. The molecule has 8 nitrogen and oxygen atoms in total. The van der Waals surface area contributed by atoms with E-state index in [0.717, 1.165) is 54.8 Å². The van der Waals surface area contributed by atoms with Crippen molar-refractivity contribution < 1.29 is 38.1 Å². The molecule has 4 aliphatic carbocycles. The van der Waals surface area contributed by atoms with Crippen molar-refractivity contribution >= 4 is 17.9 Å². The van der Waals surface area contributed by atoms with Gasteiger partial charge in [0.1, 0.15) is 18.8 Å². The molecule has 4 saturated carbocycles. The largest absolute Gasteiger partial charge is 0.463 e. The highest BCUT2D eigenvalue weighted by molar-refractivity contribution is 5.67. The molecule has 1 saturated heterocycles. The molecule has 0 N–H and O–H groups in total. The number of carbonyl (C=O) groups excluding carboxylic acids is 3. The Morgan fingerprint density at radius 2 is 1.46 bits per heavy atom. The average Bonchev–Trinajstić information content (AvgIpc) is 3.36. The molecule has 5 rings (SSSR count). The van der Waals surface area contributed by atoms with Crippen LogP contribution >= 0.6 is 0 Å². The Morgan fingerprint density at radius 3 is 2.12 bits per heavy atom. The third-order valence-corrected chi connectivity index (χ3v) is 14.1. The summed E-state index contributed by atoms with van der Waals surface area (Å²) in [5.41, 5.74) is 0.837. The van der Waals surface area contributed by atoms with E-state index >= 15 is 0 Å². The van der Waals surface area contributed by atoms with Crippen molar-refractivity contribution in [1.82, 2.24) is 0 Å². The summed E-state index contributed by atoms with van der Waals surface area (Å²) in [6.45, 7) is 18.3. The summed E-state index contributed by atoms with van der Waals surface area (Å²) < 4.78 is 29.7. The monoisotopic (exact) mass is 674 g/mol. The van der Waals surface area contributed by atoms with Crippen molar-refractivity contribution in [2.45, 2.75) is 170 Å². The van der Waals surface area contributed by atoms with Crippen LogP contribution in [0.5, 0.6) is 0 Å². The van der Waals surface area contributed by atoms with Crippen molar-refractivity contribution in [2.75, 3.05) is 6.61 Å². The van der Waals surface area contributed by atoms with E-state index in [1.54, 1.807) is 0 Å². The molecule has 0 aromatic rings. The van der Waals surface area contributed by atoms with Crippen molar-refractivity contribution in [3.8, 4) is 0 Å². The first kappa shape index (κ1) is 37.6. The number of hydrogen-bond acceptors (Lipinski definition) is 8. The van der Waals surface area contributed by atoms with Gasteiger partial charge in [-0.2, -0.15) is 0 Å². The van der Waals surface area contributed by atoms with Crippen molar-refractivity contribution in [1.29, 1.82) is 0 Å². The highest BCUT2D eigenvalue weighted by Crippen LogP contribution is 2.68. The fraction of sp³-hybridized carbons (Fsp3) is 0.925. The zero-order valence-corrected chi connectivity index (χ0v) is 31.5. The van der Waals surface area contributed by atoms with Crippen molar-refractivity contribution in [2.24, 2.45) is 58.2 Å². The standard InChI is InChI=1S/C40H66O8/c1-23(2)11-10-12-24(3)32-15-16-33-31-14-13-29-21-30(17-19-39(29,8)34(31)18-20-40(32,33)9)47-38-25(4)36(45-27(6)42)37(46-28(7)43)35(48-38)22-44-26(5)41/h23-25,29-38H,10-22H2,1-9H3/t24-,25-,29?,30+,31?,32-,33?,34?,35-,36-,37-,38-,39+,40-/m1/s1. The molecule has 1 heterocycles. The molecule has 0 radical (unpaired) electrons. The van der Waals surface area contributed by atoms with Crippen LogP contribution in [-0.2, 0) is 38.1 Å². The first-order valence-corrected chi connectivity index (χ1v) is 19.4. The number of rotatable bonds is 11. The maximum atomic E-state index is 12.1. The van der Waals surface area contributed by atoms with E-state index in [0.29, 0.717) is 16.7 Å². The maximum Gasteiger partial charge on any atom is 0.303 e. The van der Waals surface area contributed by atoms with E-state index in [2.05, 4.69) is 34.6 Å². The SMILES string of the molecule is CC(=O)OC[C@H]1O[C@@H](O[C@H]2CC[C@@]3(C)C(CCC4C3CC[C@@]3(C)C4CC[C@@H]3[C@H](C)CCCC(C)C)C2)[C@H](C)[C@@H](OC(C)=O)[C@@H]1OC(C)=O. The van der Waals surface area contributed by atoms with Crippen LogP contribution in [0, 0.1) is 58.2 Å². The summed E-state index contributed by atoms with van der Waals surface area (Å²) in [4.78, 5) is 35.8. The summed E-state index contributed by atoms with van der Waals surface area (Å²) in [7, 11) is 0. The Hall–Kier alpha value is -1.67. The Kier molecular flexibility index (Phi) is 12.0. The summed E-state index contributed by atoms with van der Waals surface area (Å²) >= 11 is 0. The quantitative estimate of drug-likeness (QED) is 0.123. The second kappa shape index (κ2) is 15.3. The normalized spacial score (nSPS) is 43.0. The fourth-order valence-electron chi connectivity index (χ4n) is 11.8. The molecule has 48 heavy (non-hydrogen) atoms. The zero-order valence-electron chi connectivity index (χ0n) is 31.5. The van der Waals surface area contributed by atoms with Gasteiger partial charge in [0.2, 0.25) is 0 Å². The first-order valence-electron chi connectivity index (χ1n) is 19.4. The molecular formula is C40H66O8. The van der Waals surface area contributed by atoms with E-state index < -0.39 is 42.5 Å². The van der Waals surface area contributed by atoms with Gasteiger partial charge in [0.15, 0.2) is 12.4 Å². The van der Waals surface area contributed by atoms with Gasteiger partial charge in [0.05, 0.1) is 6.10 Å². The van der Waals surface area contributed by atoms with Crippen LogP contribution in [0.3, 0.4) is 0 Å². The molecule has 0 aromatic heterocycles. The molecular weight excluding hydrogens is 608 g/mol. The van der Waals surface area contributed by atoms with Crippen LogP contribution in [0.4, 0.5) is 0 Å². The number of hydrogen-bond donors (Lipinski definition) is 0. The Bertz CT molecular complexity index is 1140. The van der Waals surface area contributed by atoms with E-state index in [4.69, 9.17) is 23.7 Å². The van der Waals surface area contributed by atoms with Gasteiger partial charge in [-0.25, -0.2) is 0 Å². The smallest absolute Gasteiger partial charge is 0.303 e. The molecule has 4 unspecified atom stereocenters.